The zero-order chi connectivity index (χ0) is 30.7. The number of carbonyl (C=O) groups is 3. The number of aromatic amines is 1. The summed E-state index contributed by atoms with van der Waals surface area (Å²) in [6.45, 7) is 0. The van der Waals surface area contributed by atoms with Crippen LogP contribution >= 0.6 is 0 Å². The number of alkyl halides is 3. The Kier molecular flexibility index (Phi) is 7.98. The van der Waals surface area contributed by atoms with Gasteiger partial charge in [0.15, 0.2) is 17.3 Å². The van der Waals surface area contributed by atoms with Crippen molar-refractivity contribution in [3.8, 4) is 22.4 Å². The zero-order valence-corrected chi connectivity index (χ0v) is 22.2. The summed E-state index contributed by atoms with van der Waals surface area (Å²) in [7, 11) is 0. The molecule has 0 aliphatic carbocycles. The first-order valence-corrected chi connectivity index (χ1v) is 13.0. The molecule has 0 aliphatic rings. The van der Waals surface area contributed by atoms with E-state index >= 15 is 0 Å². The predicted octanol–water partition coefficient (Wildman–Crippen LogP) is 7.55. The first-order chi connectivity index (χ1) is 20.5. The number of aromatic nitrogens is 1. The molecule has 0 saturated heterocycles. The van der Waals surface area contributed by atoms with Crippen LogP contribution in [0.25, 0.3) is 22.4 Å². The van der Waals surface area contributed by atoms with Gasteiger partial charge < -0.3 is 4.98 Å². The van der Waals surface area contributed by atoms with E-state index in [0.717, 1.165) is 30.3 Å². The topological polar surface area (TPSA) is 84.1 Å². The van der Waals surface area contributed by atoms with Gasteiger partial charge in [-0.1, -0.05) is 72.8 Å². The first-order valence-electron chi connectivity index (χ1n) is 13.0. The van der Waals surface area contributed by atoms with Crippen LogP contribution in [0.5, 0.6) is 0 Å². The highest BCUT2D eigenvalue weighted by molar-refractivity contribution is 6.21. The molecular weight excluding hydrogens is 562 g/mol. The van der Waals surface area contributed by atoms with Crippen LogP contribution < -0.4 is 5.56 Å². The van der Waals surface area contributed by atoms with Gasteiger partial charge in [0, 0.05) is 16.7 Å². The van der Waals surface area contributed by atoms with Gasteiger partial charge in [-0.15, -0.1) is 0 Å². The molecule has 1 heterocycles. The van der Waals surface area contributed by atoms with Crippen molar-refractivity contribution in [3.05, 3.63) is 153 Å². The van der Waals surface area contributed by atoms with Crippen molar-refractivity contribution in [2.45, 2.75) is 12.6 Å². The van der Waals surface area contributed by atoms with Crippen LogP contribution in [0.2, 0.25) is 0 Å². The number of benzene rings is 4. The molecule has 1 aromatic heterocycles. The molecule has 1 N–H and O–H groups in total. The number of H-pyrrole nitrogens is 1. The maximum absolute atomic E-state index is 14.0. The van der Waals surface area contributed by atoms with E-state index in [-0.39, 0.29) is 39.1 Å². The van der Waals surface area contributed by atoms with Crippen LogP contribution in [0.1, 0.15) is 48.6 Å². The van der Waals surface area contributed by atoms with E-state index in [4.69, 9.17) is 0 Å². The molecule has 0 saturated carbocycles. The van der Waals surface area contributed by atoms with Crippen molar-refractivity contribution in [3.63, 3.8) is 0 Å². The van der Waals surface area contributed by atoms with Gasteiger partial charge in [0.1, 0.15) is 5.82 Å². The minimum atomic E-state index is -4.73. The smallest absolute Gasteiger partial charge is 0.321 e. The van der Waals surface area contributed by atoms with Crippen LogP contribution in [0.3, 0.4) is 0 Å². The van der Waals surface area contributed by atoms with Crippen molar-refractivity contribution >= 4 is 17.3 Å². The average molecular weight is 584 g/mol. The summed E-state index contributed by atoms with van der Waals surface area (Å²) < 4.78 is 54.6. The van der Waals surface area contributed by atoms with Crippen LogP contribution in [0.15, 0.2) is 114 Å². The molecule has 5 nitrogen and oxygen atoms in total. The third kappa shape index (κ3) is 6.11. The highest BCUT2D eigenvalue weighted by atomic mass is 19.4. The Morgan fingerprint density at radius 2 is 1.26 bits per heavy atom. The molecular formula is C34H21F4NO4. The fraction of sp³-hybridized carbons (Fsp3) is 0.0588. The summed E-state index contributed by atoms with van der Waals surface area (Å²) in [4.78, 5) is 57.0. The van der Waals surface area contributed by atoms with Gasteiger partial charge in [-0.3, -0.25) is 19.2 Å². The van der Waals surface area contributed by atoms with Crippen LogP contribution in [0.4, 0.5) is 17.6 Å². The fourth-order valence-electron chi connectivity index (χ4n) is 4.76. The maximum Gasteiger partial charge on any atom is 0.416 e. The monoisotopic (exact) mass is 583 g/mol. The number of pyridine rings is 1. The first kappa shape index (κ1) is 29.1. The lowest BCUT2D eigenvalue weighted by Crippen LogP contribution is -2.25. The second-order valence-corrected chi connectivity index (χ2v) is 9.62. The summed E-state index contributed by atoms with van der Waals surface area (Å²) in [5.41, 5.74) is -2.98. The molecule has 0 atom stereocenters. The molecule has 0 amide bonds. The molecule has 0 fully saturated rings. The summed E-state index contributed by atoms with van der Waals surface area (Å²) in [6.07, 6.45) is -5.43. The maximum atomic E-state index is 14.0. The lowest BCUT2D eigenvalue weighted by atomic mass is 9.85. The van der Waals surface area contributed by atoms with Crippen LogP contribution in [-0.4, -0.2) is 22.3 Å². The number of hydrogen-bond acceptors (Lipinski definition) is 4. The van der Waals surface area contributed by atoms with E-state index in [1.165, 1.54) is 42.5 Å². The number of rotatable bonds is 8. The molecule has 43 heavy (non-hydrogen) atoms. The number of hydrogen-bond donors (Lipinski definition) is 1. The standard InChI is InChI=1S/C34H21F4NO4/c35-25-16-14-22(15-17-25)32(42)30-28(21-10-5-2-6-11-21)29(27(41)19-26(40)20-8-3-1-4-9-20)31(39-33(30)43)23-12-7-13-24(18-23)34(36,37)38/h1-18H,19H2,(H,39,43). The normalized spacial score (nSPS) is 11.3. The summed E-state index contributed by atoms with van der Waals surface area (Å²) in [5, 5.41) is 0. The Bertz CT molecular complexity index is 1900. The molecule has 0 radical (unpaired) electrons. The average Bonchev–Trinajstić information content (AvgIpc) is 3.01. The van der Waals surface area contributed by atoms with Crippen LogP contribution in [0, 0.1) is 5.82 Å². The highest BCUT2D eigenvalue weighted by Gasteiger charge is 2.33. The molecule has 0 spiro atoms. The SMILES string of the molecule is O=C(CC(=O)c1c(-c2cccc(C(F)(F)F)c2)[nH]c(=O)c(C(=O)c2ccc(F)cc2)c1-c1ccccc1)c1ccccc1. The molecule has 0 bridgehead atoms. The van der Waals surface area contributed by atoms with Gasteiger partial charge >= 0.3 is 6.18 Å². The molecule has 5 rings (SSSR count). The Morgan fingerprint density at radius 3 is 1.88 bits per heavy atom. The Labute approximate surface area is 242 Å². The van der Waals surface area contributed by atoms with Gasteiger partial charge in [0.2, 0.25) is 0 Å². The summed E-state index contributed by atoms with van der Waals surface area (Å²) in [5.74, 6) is -2.87. The van der Waals surface area contributed by atoms with Gasteiger partial charge in [0.05, 0.1) is 28.8 Å². The number of nitrogens with one attached hydrogen (secondary N) is 1. The molecule has 5 aromatic rings. The third-order valence-corrected chi connectivity index (χ3v) is 6.79. The van der Waals surface area contributed by atoms with Crippen molar-refractivity contribution in [1.82, 2.24) is 4.98 Å². The van der Waals surface area contributed by atoms with Gasteiger partial charge in [-0.05, 0) is 47.5 Å². The van der Waals surface area contributed by atoms with Gasteiger partial charge in [0.25, 0.3) is 5.56 Å². The van der Waals surface area contributed by atoms with E-state index < -0.39 is 52.5 Å². The van der Waals surface area contributed by atoms with E-state index in [1.807, 2.05) is 0 Å². The second kappa shape index (κ2) is 11.8. The number of Topliss-reactive ketones (excluding diaryl/α,β-unsaturated/α-hetero) is 2. The number of carbonyl (C=O) groups excluding carboxylic acids is 3. The molecule has 214 valence electrons. The Morgan fingerprint density at radius 1 is 0.651 bits per heavy atom. The Balaban J connectivity index is 1.82. The summed E-state index contributed by atoms with van der Waals surface area (Å²) >= 11 is 0. The largest absolute Gasteiger partial charge is 0.416 e. The molecule has 9 heteroatoms. The van der Waals surface area contributed by atoms with Crippen molar-refractivity contribution in [2.75, 3.05) is 0 Å². The van der Waals surface area contributed by atoms with Crippen LogP contribution in [-0.2, 0) is 6.18 Å². The van der Waals surface area contributed by atoms with E-state index in [1.54, 1.807) is 36.4 Å². The predicted molar refractivity (Wildman–Crippen MR) is 152 cm³/mol. The van der Waals surface area contributed by atoms with E-state index in [9.17, 15) is 36.7 Å². The second-order valence-electron chi connectivity index (χ2n) is 9.62. The van der Waals surface area contributed by atoms with E-state index in [2.05, 4.69) is 4.98 Å². The third-order valence-electron chi connectivity index (χ3n) is 6.79. The summed E-state index contributed by atoms with van der Waals surface area (Å²) in [6, 6.07) is 24.3. The highest BCUT2D eigenvalue weighted by Crippen LogP contribution is 2.37. The minimum Gasteiger partial charge on any atom is -0.321 e. The van der Waals surface area contributed by atoms with Crippen molar-refractivity contribution in [1.29, 1.82) is 0 Å². The number of halogens is 4. The lowest BCUT2D eigenvalue weighted by molar-refractivity contribution is -0.137. The quantitative estimate of drug-likeness (QED) is 0.116. The van der Waals surface area contributed by atoms with Crippen molar-refractivity contribution in [2.24, 2.45) is 0 Å². The fourth-order valence-corrected chi connectivity index (χ4v) is 4.76. The molecule has 4 aromatic carbocycles. The van der Waals surface area contributed by atoms with Gasteiger partial charge in [-0.25, -0.2) is 4.39 Å². The Hall–Kier alpha value is -5.44. The lowest BCUT2D eigenvalue weighted by Gasteiger charge is -2.19. The molecule has 0 aliphatic heterocycles. The zero-order valence-electron chi connectivity index (χ0n) is 22.2. The number of ketones is 3. The van der Waals surface area contributed by atoms with Crippen molar-refractivity contribution < 1.29 is 31.9 Å². The van der Waals surface area contributed by atoms with Gasteiger partial charge in [-0.2, -0.15) is 13.2 Å². The minimum absolute atomic E-state index is 0.0605. The van der Waals surface area contributed by atoms with E-state index in [0.29, 0.717) is 0 Å². The molecule has 0 unspecified atom stereocenters.